The van der Waals surface area contributed by atoms with E-state index in [4.69, 9.17) is 4.74 Å². The predicted octanol–water partition coefficient (Wildman–Crippen LogP) is 2.04. The van der Waals surface area contributed by atoms with Crippen LogP contribution in [0.4, 0.5) is 0 Å². The fraction of sp³-hybridized carbons (Fsp3) is 0.286. The van der Waals surface area contributed by atoms with E-state index in [1.165, 1.54) is 11.7 Å². The van der Waals surface area contributed by atoms with Crippen LogP contribution in [0.5, 0.6) is 0 Å². The molecule has 4 heteroatoms. The number of methoxy groups -OCH3 is 1. The molecule has 1 atom stereocenters. The summed E-state index contributed by atoms with van der Waals surface area (Å²) in [4.78, 5) is 23.7. The van der Waals surface area contributed by atoms with Gasteiger partial charge < -0.3 is 4.74 Å². The molecule has 0 aliphatic carbocycles. The first-order valence-corrected chi connectivity index (χ1v) is 5.75. The molecule has 0 fully saturated rings. The molecule has 2 rings (SSSR count). The maximum atomic E-state index is 12.1. The molecule has 1 aromatic heterocycles. The van der Waals surface area contributed by atoms with Crippen LogP contribution in [0.15, 0.2) is 35.1 Å². The zero-order valence-electron chi connectivity index (χ0n) is 10.6. The van der Waals surface area contributed by atoms with E-state index in [1.54, 1.807) is 13.0 Å². The lowest BCUT2D eigenvalue weighted by molar-refractivity contribution is -0.144. The van der Waals surface area contributed by atoms with Crippen LogP contribution in [0.25, 0.3) is 10.9 Å². The number of fused-ring (bicyclic) bond motifs is 1. The first kappa shape index (κ1) is 12.4. The lowest BCUT2D eigenvalue weighted by Crippen LogP contribution is -2.29. The summed E-state index contributed by atoms with van der Waals surface area (Å²) in [6, 6.07) is 8.44. The number of hydrogen-bond acceptors (Lipinski definition) is 3. The molecular weight excluding hydrogens is 230 g/mol. The molecular formula is C14H15NO3. The second-order valence-corrected chi connectivity index (χ2v) is 4.25. The van der Waals surface area contributed by atoms with Crippen LogP contribution in [0, 0.1) is 6.92 Å². The van der Waals surface area contributed by atoms with Gasteiger partial charge in [0, 0.05) is 11.5 Å². The van der Waals surface area contributed by atoms with Crippen molar-refractivity contribution in [2.24, 2.45) is 0 Å². The molecule has 0 aliphatic rings. The first-order valence-electron chi connectivity index (χ1n) is 5.75. The molecule has 94 valence electrons. The maximum absolute atomic E-state index is 12.1. The smallest absolute Gasteiger partial charge is 0.328 e. The maximum Gasteiger partial charge on any atom is 0.328 e. The van der Waals surface area contributed by atoms with E-state index < -0.39 is 12.0 Å². The normalized spacial score (nSPS) is 12.4. The molecule has 0 saturated heterocycles. The van der Waals surface area contributed by atoms with Gasteiger partial charge in [-0.3, -0.25) is 9.36 Å². The molecule has 1 unspecified atom stereocenters. The van der Waals surface area contributed by atoms with E-state index in [1.807, 2.05) is 31.2 Å². The summed E-state index contributed by atoms with van der Waals surface area (Å²) >= 11 is 0. The number of aryl methyl sites for hydroxylation is 1. The Balaban J connectivity index is 2.78. The Bertz CT molecular complexity index is 658. The minimum Gasteiger partial charge on any atom is -0.467 e. The summed E-state index contributed by atoms with van der Waals surface area (Å²) in [5, 5.41) is 0.966. The van der Waals surface area contributed by atoms with Crippen LogP contribution < -0.4 is 5.56 Å². The Hall–Kier alpha value is -2.10. The van der Waals surface area contributed by atoms with Crippen molar-refractivity contribution in [1.82, 2.24) is 4.57 Å². The van der Waals surface area contributed by atoms with Gasteiger partial charge in [0.15, 0.2) is 0 Å². The molecule has 0 N–H and O–H groups in total. The van der Waals surface area contributed by atoms with Crippen LogP contribution in [0.1, 0.15) is 18.5 Å². The van der Waals surface area contributed by atoms with Crippen molar-refractivity contribution >= 4 is 16.9 Å². The van der Waals surface area contributed by atoms with Gasteiger partial charge in [-0.2, -0.15) is 0 Å². The van der Waals surface area contributed by atoms with Gasteiger partial charge in [0.1, 0.15) is 6.04 Å². The first-order chi connectivity index (χ1) is 8.56. The van der Waals surface area contributed by atoms with Gasteiger partial charge in [-0.25, -0.2) is 4.79 Å². The Morgan fingerprint density at radius 3 is 2.67 bits per heavy atom. The van der Waals surface area contributed by atoms with Crippen molar-refractivity contribution in [3.05, 3.63) is 46.2 Å². The van der Waals surface area contributed by atoms with E-state index >= 15 is 0 Å². The second-order valence-electron chi connectivity index (χ2n) is 4.25. The van der Waals surface area contributed by atoms with Gasteiger partial charge in [-0.1, -0.05) is 18.2 Å². The van der Waals surface area contributed by atoms with Crippen molar-refractivity contribution in [2.75, 3.05) is 7.11 Å². The number of carbonyl (C=O) groups excluding carboxylic acids is 1. The van der Waals surface area contributed by atoms with Crippen molar-refractivity contribution in [1.29, 1.82) is 0 Å². The molecule has 18 heavy (non-hydrogen) atoms. The van der Waals surface area contributed by atoms with Gasteiger partial charge >= 0.3 is 5.97 Å². The van der Waals surface area contributed by atoms with Crippen molar-refractivity contribution in [3.8, 4) is 0 Å². The number of aromatic nitrogens is 1. The van der Waals surface area contributed by atoms with Gasteiger partial charge in [-0.15, -0.1) is 0 Å². The second kappa shape index (κ2) is 4.64. The zero-order chi connectivity index (χ0) is 13.3. The molecule has 0 saturated carbocycles. The summed E-state index contributed by atoms with van der Waals surface area (Å²) < 4.78 is 6.17. The topological polar surface area (TPSA) is 48.3 Å². The summed E-state index contributed by atoms with van der Waals surface area (Å²) in [5.74, 6) is -0.425. The summed E-state index contributed by atoms with van der Waals surface area (Å²) in [6.07, 6.45) is 0. The number of ether oxygens (including phenoxy) is 1. The highest BCUT2D eigenvalue weighted by atomic mass is 16.5. The number of benzene rings is 1. The fourth-order valence-electron chi connectivity index (χ4n) is 2.14. The summed E-state index contributed by atoms with van der Waals surface area (Å²) in [6.45, 7) is 3.55. The van der Waals surface area contributed by atoms with Gasteiger partial charge in [0.25, 0.3) is 5.56 Å². The third-order valence-corrected chi connectivity index (χ3v) is 3.10. The Morgan fingerprint density at radius 1 is 1.33 bits per heavy atom. The summed E-state index contributed by atoms with van der Waals surface area (Å²) in [7, 11) is 1.32. The number of hydrogen-bond donors (Lipinski definition) is 0. The van der Waals surface area contributed by atoms with Crippen LogP contribution in [0.2, 0.25) is 0 Å². The molecule has 1 aromatic carbocycles. The highest BCUT2D eigenvalue weighted by molar-refractivity contribution is 5.84. The molecule has 0 radical (unpaired) electrons. The van der Waals surface area contributed by atoms with Gasteiger partial charge in [0.2, 0.25) is 0 Å². The van der Waals surface area contributed by atoms with Gasteiger partial charge in [-0.05, 0) is 25.5 Å². The lowest BCUT2D eigenvalue weighted by atomic mass is 10.1. The van der Waals surface area contributed by atoms with Crippen molar-refractivity contribution in [3.63, 3.8) is 0 Å². The minimum absolute atomic E-state index is 0.191. The SMILES string of the molecule is COC(=O)C(C)n1c(=O)cc(C)c2ccccc21. The highest BCUT2D eigenvalue weighted by Crippen LogP contribution is 2.19. The predicted molar refractivity (Wildman–Crippen MR) is 69.7 cm³/mol. The number of esters is 1. The third-order valence-electron chi connectivity index (χ3n) is 3.10. The average molecular weight is 245 g/mol. The van der Waals surface area contributed by atoms with E-state index in [-0.39, 0.29) is 5.56 Å². The lowest BCUT2D eigenvalue weighted by Gasteiger charge is -2.16. The van der Waals surface area contributed by atoms with E-state index in [9.17, 15) is 9.59 Å². The number of para-hydroxylation sites is 1. The molecule has 0 aliphatic heterocycles. The van der Waals surface area contributed by atoms with Gasteiger partial charge in [0.05, 0.1) is 12.6 Å². The van der Waals surface area contributed by atoms with E-state index in [2.05, 4.69) is 0 Å². The number of nitrogens with zero attached hydrogens (tertiary/aromatic N) is 1. The average Bonchev–Trinajstić information content (AvgIpc) is 2.37. The van der Waals surface area contributed by atoms with Crippen molar-refractivity contribution in [2.45, 2.75) is 19.9 Å². The van der Waals surface area contributed by atoms with Crippen molar-refractivity contribution < 1.29 is 9.53 Å². The number of rotatable bonds is 2. The largest absolute Gasteiger partial charge is 0.467 e. The third kappa shape index (κ3) is 1.90. The molecule has 0 spiro atoms. The Labute approximate surface area is 105 Å². The highest BCUT2D eigenvalue weighted by Gasteiger charge is 2.19. The molecule has 4 nitrogen and oxygen atoms in total. The molecule has 2 aromatic rings. The van der Waals surface area contributed by atoms with E-state index in [0.29, 0.717) is 0 Å². The Morgan fingerprint density at radius 2 is 2.00 bits per heavy atom. The number of carbonyl (C=O) groups is 1. The minimum atomic E-state index is -0.631. The van der Waals surface area contributed by atoms with Crippen LogP contribution in [-0.4, -0.2) is 17.6 Å². The standard InChI is InChI=1S/C14H15NO3/c1-9-8-13(16)15(10(2)14(17)18-3)12-7-5-4-6-11(9)12/h4-8,10H,1-3H3. The van der Waals surface area contributed by atoms with Crippen LogP contribution >= 0.6 is 0 Å². The van der Waals surface area contributed by atoms with Crippen LogP contribution in [-0.2, 0) is 9.53 Å². The fourth-order valence-corrected chi connectivity index (χ4v) is 2.14. The molecule has 0 amide bonds. The number of pyridine rings is 1. The monoisotopic (exact) mass is 245 g/mol. The molecule has 1 heterocycles. The van der Waals surface area contributed by atoms with E-state index in [0.717, 1.165) is 16.5 Å². The summed E-state index contributed by atoms with van der Waals surface area (Å²) in [5.41, 5.74) is 1.47. The quantitative estimate of drug-likeness (QED) is 0.761. The molecule has 0 bridgehead atoms. The van der Waals surface area contributed by atoms with Crippen LogP contribution in [0.3, 0.4) is 0 Å². The Kier molecular flexibility index (Phi) is 3.19. The zero-order valence-corrected chi connectivity index (χ0v) is 10.6.